The molecule has 0 aliphatic carbocycles. The molecule has 96 valence electrons. The maximum absolute atomic E-state index is 12.0. The van der Waals surface area contributed by atoms with Crippen LogP contribution in [0.2, 0.25) is 0 Å². The van der Waals surface area contributed by atoms with Crippen molar-refractivity contribution in [1.29, 1.82) is 0 Å². The molecule has 2 aromatic rings. The summed E-state index contributed by atoms with van der Waals surface area (Å²) in [7, 11) is -3.50. The van der Waals surface area contributed by atoms with E-state index in [1.54, 1.807) is 17.6 Å². The number of anilines is 1. The van der Waals surface area contributed by atoms with Gasteiger partial charge in [0.2, 0.25) is 10.0 Å². The van der Waals surface area contributed by atoms with Crippen LogP contribution in [0.5, 0.6) is 0 Å². The van der Waals surface area contributed by atoms with Crippen LogP contribution in [0.25, 0.3) is 0 Å². The average molecular weight is 283 g/mol. The number of aryl methyl sites for hydroxylation is 1. The molecule has 3 N–H and O–H groups in total. The predicted molar refractivity (Wildman–Crippen MR) is 71.7 cm³/mol. The Balaban J connectivity index is 2.13. The van der Waals surface area contributed by atoms with Gasteiger partial charge in [0, 0.05) is 17.1 Å². The standard InChI is InChI=1S/C11H13N3O2S2/c1-8-11(17-7-13-8)6-14-18(15,16)10-4-2-9(12)3-5-10/h2-5,7,14H,6,12H2,1H3. The van der Waals surface area contributed by atoms with Crippen LogP contribution in [0.15, 0.2) is 34.7 Å². The van der Waals surface area contributed by atoms with E-state index in [9.17, 15) is 8.42 Å². The summed E-state index contributed by atoms with van der Waals surface area (Å²) in [6, 6.07) is 6.09. The Kier molecular flexibility index (Phi) is 3.65. The first-order valence-corrected chi connectivity index (χ1v) is 7.59. The summed E-state index contributed by atoms with van der Waals surface area (Å²) in [5.74, 6) is 0. The number of hydrogen-bond donors (Lipinski definition) is 2. The normalized spacial score (nSPS) is 11.6. The third-order valence-electron chi connectivity index (χ3n) is 2.46. The van der Waals surface area contributed by atoms with Crippen molar-refractivity contribution in [3.63, 3.8) is 0 Å². The molecule has 1 aromatic heterocycles. The molecule has 0 radical (unpaired) electrons. The van der Waals surface area contributed by atoms with E-state index in [-0.39, 0.29) is 11.4 Å². The van der Waals surface area contributed by atoms with Gasteiger partial charge in [0.25, 0.3) is 0 Å². The van der Waals surface area contributed by atoms with Gasteiger partial charge in [-0.25, -0.2) is 18.1 Å². The van der Waals surface area contributed by atoms with Crippen molar-refractivity contribution in [2.24, 2.45) is 0 Å². The third kappa shape index (κ3) is 2.87. The van der Waals surface area contributed by atoms with Crippen molar-refractivity contribution in [2.45, 2.75) is 18.4 Å². The number of nitrogens with two attached hydrogens (primary N) is 1. The Hall–Kier alpha value is -1.44. The maximum Gasteiger partial charge on any atom is 0.240 e. The van der Waals surface area contributed by atoms with E-state index in [1.165, 1.54) is 23.5 Å². The highest BCUT2D eigenvalue weighted by atomic mass is 32.2. The molecule has 7 heteroatoms. The Bertz CT molecular complexity index is 633. The molecule has 0 atom stereocenters. The monoisotopic (exact) mass is 283 g/mol. The molecule has 0 saturated heterocycles. The summed E-state index contributed by atoms with van der Waals surface area (Å²) >= 11 is 1.43. The molecular weight excluding hydrogens is 270 g/mol. The van der Waals surface area contributed by atoms with Gasteiger partial charge in [-0.15, -0.1) is 11.3 Å². The lowest BCUT2D eigenvalue weighted by molar-refractivity contribution is 0.581. The molecule has 0 amide bonds. The van der Waals surface area contributed by atoms with Crippen LogP contribution < -0.4 is 10.5 Å². The Morgan fingerprint density at radius 2 is 2.00 bits per heavy atom. The van der Waals surface area contributed by atoms with Crippen LogP contribution >= 0.6 is 11.3 Å². The highest BCUT2D eigenvalue weighted by Crippen LogP contribution is 2.15. The summed E-state index contributed by atoms with van der Waals surface area (Å²) < 4.78 is 26.5. The number of sulfonamides is 1. The maximum atomic E-state index is 12.0. The molecular formula is C11H13N3O2S2. The number of nitrogen functional groups attached to an aromatic ring is 1. The van der Waals surface area contributed by atoms with Gasteiger partial charge >= 0.3 is 0 Å². The Morgan fingerprint density at radius 3 is 2.56 bits per heavy atom. The first kappa shape index (κ1) is 13.0. The minimum atomic E-state index is -3.50. The molecule has 0 fully saturated rings. The van der Waals surface area contributed by atoms with Crippen LogP contribution in [0, 0.1) is 6.92 Å². The van der Waals surface area contributed by atoms with E-state index in [1.807, 2.05) is 6.92 Å². The SMILES string of the molecule is Cc1ncsc1CNS(=O)(=O)c1ccc(N)cc1. The first-order chi connectivity index (χ1) is 8.49. The van der Waals surface area contributed by atoms with Crippen molar-refractivity contribution in [3.05, 3.63) is 40.3 Å². The molecule has 0 spiro atoms. The van der Waals surface area contributed by atoms with E-state index in [0.29, 0.717) is 5.69 Å². The minimum Gasteiger partial charge on any atom is -0.399 e. The van der Waals surface area contributed by atoms with E-state index in [2.05, 4.69) is 9.71 Å². The lowest BCUT2D eigenvalue weighted by atomic mass is 10.3. The summed E-state index contributed by atoms with van der Waals surface area (Å²) in [5, 5.41) is 0. The second-order valence-electron chi connectivity index (χ2n) is 3.75. The van der Waals surface area contributed by atoms with Gasteiger partial charge in [-0.3, -0.25) is 0 Å². The second kappa shape index (κ2) is 5.05. The zero-order chi connectivity index (χ0) is 13.2. The van der Waals surface area contributed by atoms with Gasteiger partial charge in [-0.2, -0.15) is 0 Å². The molecule has 1 heterocycles. The fourth-order valence-electron chi connectivity index (χ4n) is 1.39. The Morgan fingerprint density at radius 1 is 1.33 bits per heavy atom. The largest absolute Gasteiger partial charge is 0.399 e. The molecule has 0 aliphatic heterocycles. The number of benzene rings is 1. The minimum absolute atomic E-state index is 0.207. The van der Waals surface area contributed by atoms with Gasteiger partial charge in [0.1, 0.15) is 0 Å². The summed E-state index contributed by atoms with van der Waals surface area (Å²) in [4.78, 5) is 5.19. The van der Waals surface area contributed by atoms with Crippen molar-refractivity contribution < 1.29 is 8.42 Å². The molecule has 5 nitrogen and oxygen atoms in total. The molecule has 0 bridgehead atoms. The van der Waals surface area contributed by atoms with Crippen LogP contribution in [-0.2, 0) is 16.6 Å². The van der Waals surface area contributed by atoms with Crippen molar-refractivity contribution in [2.75, 3.05) is 5.73 Å². The van der Waals surface area contributed by atoms with Gasteiger partial charge in [0.05, 0.1) is 16.1 Å². The highest BCUT2D eigenvalue weighted by Gasteiger charge is 2.14. The lowest BCUT2D eigenvalue weighted by Gasteiger charge is -2.06. The molecule has 2 rings (SSSR count). The summed E-state index contributed by atoms with van der Waals surface area (Å²) in [6.45, 7) is 2.10. The smallest absolute Gasteiger partial charge is 0.240 e. The van der Waals surface area contributed by atoms with Gasteiger partial charge in [0.15, 0.2) is 0 Å². The van der Waals surface area contributed by atoms with E-state index >= 15 is 0 Å². The molecule has 18 heavy (non-hydrogen) atoms. The Labute approximate surface area is 110 Å². The molecule has 0 aliphatic rings. The van der Waals surface area contributed by atoms with Crippen molar-refractivity contribution in [3.8, 4) is 0 Å². The van der Waals surface area contributed by atoms with Crippen LogP contribution in [-0.4, -0.2) is 13.4 Å². The second-order valence-corrected chi connectivity index (χ2v) is 6.46. The van der Waals surface area contributed by atoms with E-state index < -0.39 is 10.0 Å². The summed E-state index contributed by atoms with van der Waals surface area (Å²) in [5.41, 5.74) is 8.60. The number of nitrogens with zero attached hydrogens (tertiary/aromatic N) is 1. The topological polar surface area (TPSA) is 85.1 Å². The lowest BCUT2D eigenvalue weighted by Crippen LogP contribution is -2.23. The number of thiazole rings is 1. The van der Waals surface area contributed by atoms with Crippen LogP contribution in [0.3, 0.4) is 0 Å². The number of aromatic nitrogens is 1. The van der Waals surface area contributed by atoms with Crippen LogP contribution in [0.4, 0.5) is 5.69 Å². The molecule has 0 saturated carbocycles. The van der Waals surface area contributed by atoms with Crippen LogP contribution in [0.1, 0.15) is 10.6 Å². The van der Waals surface area contributed by atoms with Crippen molar-refractivity contribution in [1.82, 2.24) is 9.71 Å². The van der Waals surface area contributed by atoms with E-state index in [4.69, 9.17) is 5.73 Å². The summed E-state index contributed by atoms with van der Waals surface area (Å²) in [6.07, 6.45) is 0. The zero-order valence-electron chi connectivity index (χ0n) is 9.75. The van der Waals surface area contributed by atoms with Gasteiger partial charge < -0.3 is 5.73 Å². The predicted octanol–water partition coefficient (Wildman–Crippen LogP) is 1.51. The number of rotatable bonds is 4. The number of hydrogen-bond acceptors (Lipinski definition) is 5. The average Bonchev–Trinajstić information content (AvgIpc) is 2.73. The number of nitrogens with one attached hydrogen (secondary N) is 1. The first-order valence-electron chi connectivity index (χ1n) is 5.23. The fraction of sp³-hybridized carbons (Fsp3) is 0.182. The fourth-order valence-corrected chi connectivity index (χ4v) is 3.19. The third-order valence-corrected chi connectivity index (χ3v) is 4.81. The van der Waals surface area contributed by atoms with Crippen molar-refractivity contribution >= 4 is 27.0 Å². The molecule has 1 aromatic carbocycles. The van der Waals surface area contributed by atoms with Gasteiger partial charge in [-0.1, -0.05) is 0 Å². The van der Waals surface area contributed by atoms with Gasteiger partial charge in [-0.05, 0) is 31.2 Å². The van der Waals surface area contributed by atoms with E-state index in [0.717, 1.165) is 10.6 Å². The molecule has 0 unspecified atom stereocenters. The highest BCUT2D eigenvalue weighted by molar-refractivity contribution is 7.89. The quantitative estimate of drug-likeness (QED) is 0.833. The zero-order valence-corrected chi connectivity index (χ0v) is 11.4.